The van der Waals surface area contributed by atoms with Crippen LogP contribution in [-0.2, 0) is 0 Å². The molecule has 0 aliphatic heterocycles. The SMILES string of the molecule is COc1ccc(OCC(O)CNCC2CCCC2O)cc1. The van der Waals surface area contributed by atoms with Gasteiger partial charge in [-0.1, -0.05) is 6.42 Å². The minimum Gasteiger partial charge on any atom is -0.497 e. The van der Waals surface area contributed by atoms with Crippen LogP contribution in [0.2, 0.25) is 0 Å². The van der Waals surface area contributed by atoms with E-state index >= 15 is 0 Å². The summed E-state index contributed by atoms with van der Waals surface area (Å²) in [5, 5.41) is 22.8. The Kier molecular flexibility index (Phi) is 6.29. The lowest BCUT2D eigenvalue weighted by Crippen LogP contribution is -2.35. The van der Waals surface area contributed by atoms with E-state index in [4.69, 9.17) is 9.47 Å². The summed E-state index contributed by atoms with van der Waals surface area (Å²) in [6, 6.07) is 7.27. The van der Waals surface area contributed by atoms with E-state index in [-0.39, 0.29) is 12.7 Å². The van der Waals surface area contributed by atoms with Crippen molar-refractivity contribution in [3.8, 4) is 11.5 Å². The molecule has 0 amide bonds. The van der Waals surface area contributed by atoms with Crippen LogP contribution in [0.5, 0.6) is 11.5 Å². The van der Waals surface area contributed by atoms with Crippen molar-refractivity contribution in [3.05, 3.63) is 24.3 Å². The third-order valence-electron chi connectivity index (χ3n) is 3.91. The van der Waals surface area contributed by atoms with Gasteiger partial charge in [0.05, 0.1) is 13.2 Å². The lowest BCUT2D eigenvalue weighted by atomic mass is 10.1. The molecule has 1 saturated carbocycles. The first-order valence-corrected chi connectivity index (χ1v) is 7.52. The number of nitrogens with one attached hydrogen (secondary N) is 1. The summed E-state index contributed by atoms with van der Waals surface area (Å²) < 4.78 is 10.6. The van der Waals surface area contributed by atoms with Gasteiger partial charge in [-0.3, -0.25) is 0 Å². The van der Waals surface area contributed by atoms with Crippen molar-refractivity contribution in [1.82, 2.24) is 5.32 Å². The van der Waals surface area contributed by atoms with Crippen LogP contribution in [0.3, 0.4) is 0 Å². The zero-order valence-corrected chi connectivity index (χ0v) is 12.5. The Bertz CT molecular complexity index is 409. The normalized spacial score (nSPS) is 23.0. The van der Waals surface area contributed by atoms with Gasteiger partial charge in [0, 0.05) is 13.1 Å². The number of rotatable bonds is 8. The van der Waals surface area contributed by atoms with E-state index in [0.29, 0.717) is 18.2 Å². The number of aliphatic hydroxyl groups is 2. The van der Waals surface area contributed by atoms with Crippen LogP contribution in [-0.4, -0.2) is 49.2 Å². The third kappa shape index (κ3) is 5.19. The second-order valence-corrected chi connectivity index (χ2v) is 5.56. The molecule has 3 atom stereocenters. The van der Waals surface area contributed by atoms with Crippen LogP contribution in [0.25, 0.3) is 0 Å². The fraction of sp³-hybridized carbons (Fsp3) is 0.625. The second-order valence-electron chi connectivity index (χ2n) is 5.56. The van der Waals surface area contributed by atoms with Crippen molar-refractivity contribution in [2.75, 3.05) is 26.8 Å². The summed E-state index contributed by atoms with van der Waals surface area (Å²) >= 11 is 0. The summed E-state index contributed by atoms with van der Waals surface area (Å²) in [7, 11) is 1.62. The Morgan fingerprint density at radius 1 is 1.24 bits per heavy atom. The molecular formula is C16H25NO4. The topological polar surface area (TPSA) is 71.0 Å². The van der Waals surface area contributed by atoms with Crippen LogP contribution in [0.4, 0.5) is 0 Å². The van der Waals surface area contributed by atoms with Gasteiger partial charge in [-0.25, -0.2) is 0 Å². The molecule has 1 aliphatic rings. The molecule has 118 valence electrons. The summed E-state index contributed by atoms with van der Waals surface area (Å²) in [5.74, 6) is 1.81. The van der Waals surface area contributed by atoms with Crippen molar-refractivity contribution >= 4 is 0 Å². The largest absolute Gasteiger partial charge is 0.497 e. The zero-order chi connectivity index (χ0) is 15.1. The van der Waals surface area contributed by atoms with E-state index < -0.39 is 6.10 Å². The van der Waals surface area contributed by atoms with E-state index in [1.54, 1.807) is 7.11 Å². The van der Waals surface area contributed by atoms with Crippen LogP contribution < -0.4 is 14.8 Å². The van der Waals surface area contributed by atoms with Gasteiger partial charge >= 0.3 is 0 Å². The van der Waals surface area contributed by atoms with Crippen molar-refractivity contribution in [2.24, 2.45) is 5.92 Å². The lowest BCUT2D eigenvalue weighted by molar-refractivity contribution is 0.0981. The minimum absolute atomic E-state index is 0.190. The quantitative estimate of drug-likeness (QED) is 0.672. The molecule has 0 bridgehead atoms. The van der Waals surface area contributed by atoms with Crippen molar-refractivity contribution in [1.29, 1.82) is 0 Å². The first kappa shape index (κ1) is 16.1. The standard InChI is InChI=1S/C16H25NO4/c1-20-14-5-7-15(8-6-14)21-11-13(18)10-17-9-12-3-2-4-16(12)19/h5-8,12-13,16-19H,2-4,9-11H2,1H3. The van der Waals surface area contributed by atoms with Crippen molar-refractivity contribution in [2.45, 2.75) is 31.5 Å². The highest BCUT2D eigenvalue weighted by Gasteiger charge is 2.24. The van der Waals surface area contributed by atoms with Crippen LogP contribution >= 0.6 is 0 Å². The molecule has 1 fully saturated rings. The average Bonchev–Trinajstić information content (AvgIpc) is 2.91. The molecule has 5 nitrogen and oxygen atoms in total. The molecule has 0 radical (unpaired) electrons. The fourth-order valence-corrected chi connectivity index (χ4v) is 2.61. The number of aliphatic hydroxyl groups excluding tert-OH is 2. The van der Waals surface area contributed by atoms with Gasteiger partial charge in [-0.15, -0.1) is 0 Å². The maximum atomic E-state index is 9.88. The highest BCUT2D eigenvalue weighted by molar-refractivity contribution is 5.31. The highest BCUT2D eigenvalue weighted by Crippen LogP contribution is 2.24. The van der Waals surface area contributed by atoms with E-state index in [0.717, 1.165) is 31.6 Å². The molecular weight excluding hydrogens is 270 g/mol. The summed E-state index contributed by atoms with van der Waals surface area (Å²) in [5.41, 5.74) is 0. The molecule has 0 aromatic heterocycles. The van der Waals surface area contributed by atoms with Crippen LogP contribution in [0.1, 0.15) is 19.3 Å². The molecule has 5 heteroatoms. The van der Waals surface area contributed by atoms with Crippen molar-refractivity contribution in [3.63, 3.8) is 0 Å². The molecule has 1 aromatic carbocycles. The maximum absolute atomic E-state index is 9.88. The number of ether oxygens (including phenoxy) is 2. The molecule has 2 rings (SSSR count). The molecule has 1 aliphatic carbocycles. The molecule has 3 N–H and O–H groups in total. The molecule has 0 spiro atoms. The molecule has 0 heterocycles. The first-order valence-electron chi connectivity index (χ1n) is 7.52. The minimum atomic E-state index is -0.564. The fourth-order valence-electron chi connectivity index (χ4n) is 2.61. The van der Waals surface area contributed by atoms with E-state index in [1.807, 2.05) is 24.3 Å². The molecule has 0 saturated heterocycles. The summed E-state index contributed by atoms with van der Waals surface area (Å²) in [6.07, 6.45) is 2.30. The second kappa shape index (κ2) is 8.22. The summed E-state index contributed by atoms with van der Waals surface area (Å²) in [4.78, 5) is 0. The van der Waals surface area contributed by atoms with E-state index in [1.165, 1.54) is 0 Å². The maximum Gasteiger partial charge on any atom is 0.119 e. The smallest absolute Gasteiger partial charge is 0.119 e. The Morgan fingerprint density at radius 2 is 1.95 bits per heavy atom. The van der Waals surface area contributed by atoms with Gasteiger partial charge < -0.3 is 25.0 Å². The Balaban J connectivity index is 1.61. The number of hydrogen-bond donors (Lipinski definition) is 3. The predicted octanol–water partition coefficient (Wildman–Crippen LogP) is 1.19. The van der Waals surface area contributed by atoms with E-state index in [2.05, 4.69) is 5.32 Å². The van der Waals surface area contributed by atoms with Gasteiger partial charge in [-0.05, 0) is 43.0 Å². The average molecular weight is 295 g/mol. The Morgan fingerprint density at radius 3 is 2.57 bits per heavy atom. The van der Waals surface area contributed by atoms with Gasteiger partial charge in [0.15, 0.2) is 0 Å². The number of benzene rings is 1. The zero-order valence-electron chi connectivity index (χ0n) is 12.5. The first-order chi connectivity index (χ1) is 10.2. The molecule has 1 aromatic rings. The lowest BCUT2D eigenvalue weighted by Gasteiger charge is -2.17. The Labute approximate surface area is 125 Å². The number of methoxy groups -OCH3 is 1. The van der Waals surface area contributed by atoms with Gasteiger partial charge in [-0.2, -0.15) is 0 Å². The van der Waals surface area contributed by atoms with Crippen LogP contribution in [0, 0.1) is 5.92 Å². The Hall–Kier alpha value is -1.30. The molecule has 3 unspecified atom stereocenters. The highest BCUT2D eigenvalue weighted by atomic mass is 16.5. The molecule has 21 heavy (non-hydrogen) atoms. The van der Waals surface area contributed by atoms with Crippen LogP contribution in [0.15, 0.2) is 24.3 Å². The van der Waals surface area contributed by atoms with Crippen molar-refractivity contribution < 1.29 is 19.7 Å². The van der Waals surface area contributed by atoms with E-state index in [9.17, 15) is 10.2 Å². The van der Waals surface area contributed by atoms with Gasteiger partial charge in [0.2, 0.25) is 0 Å². The third-order valence-corrected chi connectivity index (χ3v) is 3.91. The predicted molar refractivity (Wildman–Crippen MR) is 80.7 cm³/mol. The van der Waals surface area contributed by atoms with Gasteiger partial charge in [0.1, 0.15) is 24.2 Å². The monoisotopic (exact) mass is 295 g/mol. The van der Waals surface area contributed by atoms with Gasteiger partial charge in [0.25, 0.3) is 0 Å². The summed E-state index contributed by atoms with van der Waals surface area (Å²) in [6.45, 7) is 1.46. The number of hydrogen-bond acceptors (Lipinski definition) is 5.